The first-order chi connectivity index (χ1) is 11.7. The van der Waals surface area contributed by atoms with E-state index >= 15 is 0 Å². The molecule has 3 rings (SSSR count). The van der Waals surface area contributed by atoms with E-state index in [2.05, 4.69) is 10.3 Å². The van der Waals surface area contributed by atoms with Crippen LogP contribution in [-0.4, -0.2) is 25.1 Å². The van der Waals surface area contributed by atoms with Crippen LogP contribution in [0.25, 0.3) is 16.3 Å². The van der Waals surface area contributed by atoms with E-state index in [0.717, 1.165) is 15.8 Å². The van der Waals surface area contributed by atoms with Crippen LogP contribution in [0.5, 0.6) is 11.5 Å². The van der Waals surface area contributed by atoms with Gasteiger partial charge in [0.05, 0.1) is 24.4 Å². The Kier molecular flexibility index (Phi) is 4.77. The Bertz CT molecular complexity index is 847. The normalized spacial score (nSPS) is 10.9. The van der Waals surface area contributed by atoms with Crippen molar-refractivity contribution < 1.29 is 14.3 Å². The van der Waals surface area contributed by atoms with Crippen LogP contribution in [0.1, 0.15) is 5.56 Å². The Hall–Kier alpha value is -2.86. The third-order valence-corrected chi connectivity index (χ3v) is 4.28. The van der Waals surface area contributed by atoms with Crippen molar-refractivity contribution >= 4 is 38.7 Å². The van der Waals surface area contributed by atoms with Gasteiger partial charge in [-0.25, -0.2) is 4.98 Å². The number of aromatic nitrogens is 1. The fraction of sp³-hybridized carbons (Fsp3) is 0.111. The van der Waals surface area contributed by atoms with E-state index in [1.165, 1.54) is 17.4 Å². The molecule has 1 amide bonds. The minimum atomic E-state index is -0.225. The lowest BCUT2D eigenvalue weighted by Crippen LogP contribution is -2.07. The zero-order valence-electron chi connectivity index (χ0n) is 13.3. The van der Waals surface area contributed by atoms with E-state index in [1.54, 1.807) is 26.4 Å². The highest BCUT2D eigenvalue weighted by Crippen LogP contribution is 2.36. The van der Waals surface area contributed by atoms with Crippen molar-refractivity contribution in [2.24, 2.45) is 0 Å². The van der Waals surface area contributed by atoms with Crippen molar-refractivity contribution in [3.63, 3.8) is 0 Å². The molecule has 3 aromatic rings. The topological polar surface area (TPSA) is 60.5 Å². The molecule has 0 radical (unpaired) electrons. The number of hydrogen-bond acceptors (Lipinski definition) is 5. The predicted molar refractivity (Wildman–Crippen MR) is 96.8 cm³/mol. The van der Waals surface area contributed by atoms with Crippen molar-refractivity contribution in [1.82, 2.24) is 4.98 Å². The molecule has 0 saturated carbocycles. The predicted octanol–water partition coefficient (Wildman–Crippen LogP) is 3.97. The van der Waals surface area contributed by atoms with Gasteiger partial charge in [-0.1, -0.05) is 41.7 Å². The first-order valence-electron chi connectivity index (χ1n) is 7.26. The van der Waals surface area contributed by atoms with Crippen LogP contribution in [0, 0.1) is 0 Å². The van der Waals surface area contributed by atoms with Gasteiger partial charge in [0.1, 0.15) is 0 Å². The van der Waals surface area contributed by atoms with Gasteiger partial charge < -0.3 is 9.47 Å². The summed E-state index contributed by atoms with van der Waals surface area (Å²) in [6.07, 6.45) is 3.25. The summed E-state index contributed by atoms with van der Waals surface area (Å²) in [7, 11) is 3.16. The minimum Gasteiger partial charge on any atom is -0.493 e. The molecule has 0 aliphatic heterocycles. The summed E-state index contributed by atoms with van der Waals surface area (Å²) in [4.78, 5) is 16.4. The number of rotatable bonds is 5. The standard InChI is InChI=1S/C18H16N2O3S/c1-22-14-10-13-16(11-15(14)23-2)24-18(19-13)20-17(21)9-8-12-6-4-3-5-7-12/h3-11H,1-2H3,(H,19,20,21). The molecule has 0 atom stereocenters. The van der Waals surface area contributed by atoms with E-state index in [4.69, 9.17) is 9.47 Å². The Morgan fingerprint density at radius 2 is 1.83 bits per heavy atom. The second-order valence-corrected chi connectivity index (χ2v) is 5.96. The zero-order valence-corrected chi connectivity index (χ0v) is 14.1. The van der Waals surface area contributed by atoms with Gasteiger partial charge >= 0.3 is 0 Å². The number of hydrogen-bond donors (Lipinski definition) is 1. The van der Waals surface area contributed by atoms with Crippen molar-refractivity contribution in [1.29, 1.82) is 0 Å². The molecule has 0 spiro atoms. The summed E-state index contributed by atoms with van der Waals surface area (Å²) in [6.45, 7) is 0. The van der Waals surface area contributed by atoms with E-state index in [0.29, 0.717) is 16.6 Å². The van der Waals surface area contributed by atoms with Crippen LogP contribution >= 0.6 is 11.3 Å². The van der Waals surface area contributed by atoms with Crippen LogP contribution in [-0.2, 0) is 4.79 Å². The number of anilines is 1. The molecule has 1 N–H and O–H groups in total. The zero-order chi connectivity index (χ0) is 16.9. The highest BCUT2D eigenvalue weighted by molar-refractivity contribution is 7.22. The average Bonchev–Trinajstić information content (AvgIpc) is 3.00. The Balaban J connectivity index is 1.77. The number of nitrogens with one attached hydrogen (secondary N) is 1. The monoisotopic (exact) mass is 340 g/mol. The van der Waals surface area contributed by atoms with Gasteiger partial charge in [-0.3, -0.25) is 10.1 Å². The van der Waals surface area contributed by atoms with Gasteiger partial charge in [0, 0.05) is 18.2 Å². The molecule has 0 bridgehead atoms. The summed E-state index contributed by atoms with van der Waals surface area (Å²) >= 11 is 1.38. The van der Waals surface area contributed by atoms with Gasteiger partial charge in [0.2, 0.25) is 5.91 Å². The van der Waals surface area contributed by atoms with Gasteiger partial charge in [-0.15, -0.1) is 0 Å². The molecule has 24 heavy (non-hydrogen) atoms. The second-order valence-electron chi connectivity index (χ2n) is 4.93. The van der Waals surface area contributed by atoms with Crippen molar-refractivity contribution in [2.45, 2.75) is 0 Å². The lowest BCUT2D eigenvalue weighted by molar-refractivity contribution is -0.111. The summed E-state index contributed by atoms with van der Waals surface area (Å²) in [5.41, 5.74) is 1.71. The van der Waals surface area contributed by atoms with E-state index in [9.17, 15) is 4.79 Å². The van der Waals surface area contributed by atoms with Crippen molar-refractivity contribution in [3.05, 3.63) is 54.1 Å². The Morgan fingerprint density at radius 1 is 1.12 bits per heavy atom. The van der Waals surface area contributed by atoms with Crippen LogP contribution < -0.4 is 14.8 Å². The van der Waals surface area contributed by atoms with Crippen LogP contribution in [0.15, 0.2) is 48.5 Å². The number of methoxy groups -OCH3 is 2. The molecular formula is C18H16N2O3S. The van der Waals surface area contributed by atoms with Crippen molar-refractivity contribution in [2.75, 3.05) is 19.5 Å². The Labute approximate surface area is 143 Å². The maximum Gasteiger partial charge on any atom is 0.250 e. The number of carbonyl (C=O) groups is 1. The third kappa shape index (κ3) is 3.55. The van der Waals surface area contributed by atoms with E-state index < -0.39 is 0 Å². The summed E-state index contributed by atoms with van der Waals surface area (Å²) in [5, 5.41) is 3.31. The molecular weight excluding hydrogens is 324 g/mol. The number of nitrogens with zero attached hydrogens (tertiary/aromatic N) is 1. The quantitative estimate of drug-likeness (QED) is 0.714. The SMILES string of the molecule is COc1cc2nc(NC(=O)C=Cc3ccccc3)sc2cc1OC. The van der Waals surface area contributed by atoms with Crippen LogP contribution in [0.2, 0.25) is 0 Å². The molecule has 5 nitrogen and oxygen atoms in total. The fourth-order valence-corrected chi connectivity index (χ4v) is 3.07. The average molecular weight is 340 g/mol. The second kappa shape index (κ2) is 7.14. The van der Waals surface area contributed by atoms with Crippen LogP contribution in [0.3, 0.4) is 0 Å². The summed E-state index contributed by atoms with van der Waals surface area (Å²) in [6, 6.07) is 13.3. The first-order valence-corrected chi connectivity index (χ1v) is 8.08. The number of benzene rings is 2. The Morgan fingerprint density at radius 3 is 2.54 bits per heavy atom. The van der Waals surface area contributed by atoms with E-state index in [-0.39, 0.29) is 5.91 Å². The van der Waals surface area contributed by atoms with Gasteiger partial charge in [-0.2, -0.15) is 0 Å². The molecule has 0 aliphatic carbocycles. The number of fused-ring (bicyclic) bond motifs is 1. The van der Waals surface area contributed by atoms with Crippen molar-refractivity contribution in [3.8, 4) is 11.5 Å². The minimum absolute atomic E-state index is 0.225. The van der Waals surface area contributed by atoms with Gasteiger partial charge in [0.25, 0.3) is 0 Å². The maximum absolute atomic E-state index is 12.0. The number of carbonyl (C=O) groups excluding carboxylic acids is 1. The van der Waals surface area contributed by atoms with Crippen LogP contribution in [0.4, 0.5) is 5.13 Å². The fourth-order valence-electron chi connectivity index (χ4n) is 2.19. The lowest BCUT2D eigenvalue weighted by atomic mass is 10.2. The molecule has 0 fully saturated rings. The molecule has 6 heteroatoms. The molecule has 0 unspecified atom stereocenters. The lowest BCUT2D eigenvalue weighted by Gasteiger charge is -2.05. The van der Waals surface area contributed by atoms with Gasteiger partial charge in [-0.05, 0) is 11.6 Å². The number of ether oxygens (including phenoxy) is 2. The summed E-state index contributed by atoms with van der Waals surface area (Å²) in [5.74, 6) is 1.02. The molecule has 1 heterocycles. The number of thiazole rings is 1. The molecule has 2 aromatic carbocycles. The van der Waals surface area contributed by atoms with Gasteiger partial charge in [0.15, 0.2) is 16.6 Å². The molecule has 0 saturated heterocycles. The third-order valence-electron chi connectivity index (χ3n) is 3.35. The largest absolute Gasteiger partial charge is 0.493 e. The highest BCUT2D eigenvalue weighted by atomic mass is 32.1. The summed E-state index contributed by atoms with van der Waals surface area (Å²) < 4.78 is 11.5. The molecule has 1 aromatic heterocycles. The van der Waals surface area contributed by atoms with E-state index in [1.807, 2.05) is 36.4 Å². The highest BCUT2D eigenvalue weighted by Gasteiger charge is 2.11. The number of amides is 1. The molecule has 0 aliphatic rings. The smallest absolute Gasteiger partial charge is 0.250 e. The maximum atomic E-state index is 12.0. The first kappa shape index (κ1) is 16.0. The molecule has 122 valence electrons.